The topological polar surface area (TPSA) is 81.4 Å². The van der Waals surface area contributed by atoms with Gasteiger partial charge in [0.2, 0.25) is 0 Å². The minimum atomic E-state index is -0.226. The summed E-state index contributed by atoms with van der Waals surface area (Å²) < 4.78 is 7.29. The molecule has 7 nitrogen and oxygen atoms in total. The van der Waals surface area contributed by atoms with E-state index in [4.69, 9.17) is 4.74 Å². The molecule has 39 heavy (non-hydrogen) atoms. The number of aromatic nitrogens is 3. The van der Waals surface area contributed by atoms with Crippen molar-refractivity contribution >= 4 is 23.9 Å². The zero-order valence-corrected chi connectivity index (χ0v) is 24.1. The van der Waals surface area contributed by atoms with Gasteiger partial charge in [-0.25, -0.2) is 5.43 Å². The number of hydrazone groups is 1. The van der Waals surface area contributed by atoms with E-state index >= 15 is 0 Å². The van der Waals surface area contributed by atoms with Gasteiger partial charge in [-0.2, -0.15) is 5.10 Å². The summed E-state index contributed by atoms with van der Waals surface area (Å²) in [6, 6.07) is 24.2. The molecule has 1 amide bonds. The zero-order valence-electron chi connectivity index (χ0n) is 23.3. The highest BCUT2D eigenvalue weighted by molar-refractivity contribution is 7.99. The molecule has 1 N–H and O–H groups in total. The molecule has 0 fully saturated rings. The third-order valence-electron chi connectivity index (χ3n) is 6.31. The van der Waals surface area contributed by atoms with Gasteiger partial charge in [-0.3, -0.25) is 9.36 Å². The van der Waals surface area contributed by atoms with Gasteiger partial charge in [0.1, 0.15) is 5.75 Å². The summed E-state index contributed by atoms with van der Waals surface area (Å²) in [5.41, 5.74) is 7.90. The molecule has 0 saturated heterocycles. The van der Waals surface area contributed by atoms with Crippen molar-refractivity contribution < 1.29 is 9.53 Å². The Bertz CT molecular complexity index is 1420. The number of thioether (sulfide) groups is 1. The lowest BCUT2D eigenvalue weighted by Gasteiger charge is -2.19. The number of hydrogen-bond donors (Lipinski definition) is 1. The van der Waals surface area contributed by atoms with Gasteiger partial charge in [0.05, 0.1) is 19.1 Å². The number of methoxy groups -OCH3 is 1. The Morgan fingerprint density at radius 1 is 1.00 bits per heavy atom. The molecule has 0 aliphatic carbocycles. The SMILES string of the molecule is COc1ccc(-n2c(SCC(=O)N/N=C/c3ccc(C(C)C)cc3)nnc2-c2ccc(C(C)(C)C)cc2)cc1. The molecule has 4 rings (SSSR count). The molecule has 0 atom stereocenters. The average molecular weight is 542 g/mol. The first-order valence-corrected chi connectivity index (χ1v) is 13.9. The highest BCUT2D eigenvalue weighted by Gasteiger charge is 2.19. The number of ether oxygens (including phenoxy) is 1. The zero-order chi connectivity index (χ0) is 28.0. The minimum Gasteiger partial charge on any atom is -0.497 e. The van der Waals surface area contributed by atoms with Crippen LogP contribution >= 0.6 is 11.8 Å². The molecule has 0 saturated carbocycles. The van der Waals surface area contributed by atoms with Crippen LogP contribution in [0.4, 0.5) is 0 Å². The van der Waals surface area contributed by atoms with Crippen molar-refractivity contribution in [3.63, 3.8) is 0 Å². The van der Waals surface area contributed by atoms with Crippen LogP contribution in [0.1, 0.15) is 57.2 Å². The fourth-order valence-corrected chi connectivity index (χ4v) is 4.69. The van der Waals surface area contributed by atoms with E-state index in [0.29, 0.717) is 16.9 Å². The number of nitrogens with zero attached hydrogens (tertiary/aromatic N) is 4. The van der Waals surface area contributed by atoms with Crippen LogP contribution in [0.25, 0.3) is 17.1 Å². The van der Waals surface area contributed by atoms with E-state index in [1.807, 2.05) is 41.0 Å². The summed E-state index contributed by atoms with van der Waals surface area (Å²) in [4.78, 5) is 12.6. The summed E-state index contributed by atoms with van der Waals surface area (Å²) in [5, 5.41) is 13.7. The molecule has 1 aromatic heterocycles. The van der Waals surface area contributed by atoms with Crippen LogP contribution in [0.2, 0.25) is 0 Å². The largest absolute Gasteiger partial charge is 0.497 e. The minimum absolute atomic E-state index is 0.0522. The van der Waals surface area contributed by atoms with Crippen molar-refractivity contribution in [3.8, 4) is 22.8 Å². The van der Waals surface area contributed by atoms with Gasteiger partial charge >= 0.3 is 0 Å². The van der Waals surface area contributed by atoms with E-state index < -0.39 is 0 Å². The van der Waals surface area contributed by atoms with Crippen LogP contribution in [0.3, 0.4) is 0 Å². The molecule has 0 radical (unpaired) electrons. The number of nitrogens with one attached hydrogen (secondary N) is 1. The summed E-state index contributed by atoms with van der Waals surface area (Å²) in [7, 11) is 1.64. The molecule has 0 bridgehead atoms. The molecule has 202 valence electrons. The van der Waals surface area contributed by atoms with Gasteiger partial charge in [0.15, 0.2) is 11.0 Å². The van der Waals surface area contributed by atoms with Crippen molar-refractivity contribution in [1.29, 1.82) is 0 Å². The molecular weight excluding hydrogens is 506 g/mol. The molecular formula is C31H35N5O2S. The highest BCUT2D eigenvalue weighted by Crippen LogP contribution is 2.30. The van der Waals surface area contributed by atoms with Gasteiger partial charge in [-0.15, -0.1) is 10.2 Å². The van der Waals surface area contributed by atoms with Gasteiger partial charge in [-0.1, -0.05) is 94.9 Å². The van der Waals surface area contributed by atoms with E-state index in [0.717, 1.165) is 22.6 Å². The van der Waals surface area contributed by atoms with E-state index in [-0.39, 0.29) is 17.1 Å². The first kappa shape index (κ1) is 28.1. The maximum Gasteiger partial charge on any atom is 0.250 e. The fourth-order valence-electron chi connectivity index (χ4n) is 3.94. The summed E-state index contributed by atoms with van der Waals surface area (Å²) in [6.45, 7) is 10.9. The first-order valence-electron chi connectivity index (χ1n) is 12.9. The Kier molecular flexibility index (Phi) is 8.86. The van der Waals surface area contributed by atoms with Crippen molar-refractivity contribution in [2.45, 2.75) is 51.1 Å². The number of carbonyl (C=O) groups is 1. The molecule has 1 heterocycles. The van der Waals surface area contributed by atoms with Crippen LogP contribution in [0.5, 0.6) is 5.75 Å². The number of hydrogen-bond acceptors (Lipinski definition) is 6. The second-order valence-corrected chi connectivity index (χ2v) is 11.5. The lowest BCUT2D eigenvalue weighted by molar-refractivity contribution is -0.118. The Morgan fingerprint density at radius 2 is 1.67 bits per heavy atom. The molecule has 0 aliphatic heterocycles. The Morgan fingerprint density at radius 3 is 2.26 bits per heavy atom. The summed E-state index contributed by atoms with van der Waals surface area (Å²) in [6.07, 6.45) is 1.64. The van der Waals surface area contributed by atoms with Crippen LogP contribution in [0.15, 0.2) is 83.1 Å². The maximum absolute atomic E-state index is 12.6. The Labute approximate surface area is 234 Å². The van der Waals surface area contributed by atoms with E-state index in [2.05, 4.69) is 91.7 Å². The highest BCUT2D eigenvalue weighted by atomic mass is 32.2. The number of amides is 1. The second kappa shape index (κ2) is 12.3. The number of rotatable bonds is 9. The van der Waals surface area contributed by atoms with Crippen molar-refractivity contribution in [3.05, 3.63) is 89.5 Å². The maximum atomic E-state index is 12.6. The summed E-state index contributed by atoms with van der Waals surface area (Å²) in [5.74, 6) is 1.84. The van der Waals surface area contributed by atoms with Crippen LogP contribution in [-0.4, -0.2) is 39.7 Å². The lowest BCUT2D eigenvalue weighted by atomic mass is 9.87. The molecule has 4 aromatic rings. The van der Waals surface area contributed by atoms with E-state index in [9.17, 15) is 4.79 Å². The fraction of sp³-hybridized carbons (Fsp3) is 0.290. The van der Waals surface area contributed by atoms with Crippen LogP contribution < -0.4 is 10.2 Å². The quantitative estimate of drug-likeness (QED) is 0.147. The third kappa shape index (κ3) is 7.15. The van der Waals surface area contributed by atoms with E-state index in [1.165, 1.54) is 22.9 Å². The van der Waals surface area contributed by atoms with Crippen molar-refractivity contribution in [1.82, 2.24) is 20.2 Å². The predicted molar refractivity (Wildman–Crippen MR) is 159 cm³/mol. The monoisotopic (exact) mass is 541 g/mol. The smallest absolute Gasteiger partial charge is 0.250 e. The van der Waals surface area contributed by atoms with Gasteiger partial charge in [0.25, 0.3) is 5.91 Å². The normalized spacial score (nSPS) is 11.8. The molecule has 0 aliphatic rings. The van der Waals surface area contributed by atoms with Crippen molar-refractivity contribution in [2.75, 3.05) is 12.9 Å². The lowest BCUT2D eigenvalue weighted by Crippen LogP contribution is -2.20. The van der Waals surface area contributed by atoms with Crippen LogP contribution in [0, 0.1) is 0 Å². The van der Waals surface area contributed by atoms with Crippen molar-refractivity contribution in [2.24, 2.45) is 5.10 Å². The summed E-state index contributed by atoms with van der Waals surface area (Å²) >= 11 is 1.31. The standard InChI is InChI=1S/C31H35N5O2S/c1-21(2)23-9-7-22(8-10-23)19-32-33-28(37)20-39-30-35-34-29(24-11-13-25(14-12-24)31(3,4)5)36(30)26-15-17-27(38-6)18-16-26/h7-19,21H,20H2,1-6H3,(H,33,37)/b32-19+. The Hall–Kier alpha value is -3.91. The van der Waals surface area contributed by atoms with Gasteiger partial charge in [-0.05, 0) is 52.3 Å². The number of benzene rings is 3. The number of carbonyl (C=O) groups excluding carboxylic acids is 1. The van der Waals surface area contributed by atoms with Gasteiger partial charge < -0.3 is 4.74 Å². The Balaban J connectivity index is 1.51. The molecule has 8 heteroatoms. The van der Waals surface area contributed by atoms with Crippen LogP contribution in [-0.2, 0) is 10.2 Å². The molecule has 3 aromatic carbocycles. The second-order valence-electron chi connectivity index (χ2n) is 10.6. The molecule has 0 spiro atoms. The molecule has 0 unspecified atom stereocenters. The predicted octanol–water partition coefficient (Wildman–Crippen LogP) is 6.61. The average Bonchev–Trinajstić information content (AvgIpc) is 3.36. The third-order valence-corrected chi connectivity index (χ3v) is 7.24. The first-order chi connectivity index (χ1) is 18.7. The van der Waals surface area contributed by atoms with E-state index in [1.54, 1.807) is 13.3 Å². The van der Waals surface area contributed by atoms with Gasteiger partial charge in [0, 0.05) is 11.3 Å².